The Morgan fingerprint density at radius 3 is 2.94 bits per heavy atom. The number of nitrogens with two attached hydrogens (primary N) is 1. The number of aromatic nitrogens is 4. The molecule has 2 aromatic heterocycles. The van der Waals surface area contributed by atoms with Gasteiger partial charge in [-0.1, -0.05) is 6.92 Å². The predicted octanol–water partition coefficient (Wildman–Crippen LogP) is 0.735. The molecular weight excluding hydrogens is 218 g/mol. The van der Waals surface area contributed by atoms with Gasteiger partial charge in [0.1, 0.15) is 5.52 Å². The maximum absolute atomic E-state index is 8.99. The fourth-order valence-corrected chi connectivity index (χ4v) is 1.72. The number of nitrogen functional groups attached to an aromatic ring is 1. The Morgan fingerprint density at radius 1 is 1.47 bits per heavy atom. The minimum Gasteiger partial charge on any atom is -0.396 e. The molecule has 2 rings (SSSR count). The van der Waals surface area contributed by atoms with Crippen LogP contribution in [-0.2, 0) is 6.54 Å². The van der Waals surface area contributed by atoms with Crippen molar-refractivity contribution in [1.82, 2.24) is 19.5 Å². The van der Waals surface area contributed by atoms with Gasteiger partial charge < -0.3 is 15.4 Å². The molecule has 6 heteroatoms. The molecule has 1 unspecified atom stereocenters. The highest BCUT2D eigenvalue weighted by molar-refractivity contribution is 5.74. The number of nitrogens with zero attached hydrogens (tertiary/aromatic N) is 4. The van der Waals surface area contributed by atoms with Crippen molar-refractivity contribution in [3.63, 3.8) is 0 Å². The zero-order valence-electron chi connectivity index (χ0n) is 10.1. The van der Waals surface area contributed by atoms with Gasteiger partial charge in [-0.3, -0.25) is 0 Å². The fraction of sp³-hybridized carbons (Fsp3) is 0.545. The van der Waals surface area contributed by atoms with E-state index < -0.39 is 0 Å². The first-order valence-corrected chi connectivity index (χ1v) is 5.67. The Labute approximate surface area is 99.5 Å². The molecule has 17 heavy (non-hydrogen) atoms. The van der Waals surface area contributed by atoms with Crippen LogP contribution in [0.3, 0.4) is 0 Å². The van der Waals surface area contributed by atoms with Gasteiger partial charge in [0, 0.05) is 13.2 Å². The molecule has 0 aliphatic heterocycles. The standard InChI is InChI=1S/C11H17N5O/c1-7(5-17)3-4-16-6-13-9-8(2)14-11(12)15-10(9)16/h6-7,17H,3-5H2,1-2H3,(H2,12,14,15). The number of fused-ring (bicyclic) bond motifs is 1. The summed E-state index contributed by atoms with van der Waals surface area (Å²) in [6.45, 7) is 4.85. The van der Waals surface area contributed by atoms with Crippen molar-refractivity contribution in [2.45, 2.75) is 26.8 Å². The van der Waals surface area contributed by atoms with Crippen LogP contribution >= 0.6 is 0 Å². The van der Waals surface area contributed by atoms with E-state index in [1.54, 1.807) is 6.33 Å². The molecule has 1 atom stereocenters. The molecule has 0 aliphatic carbocycles. The first kappa shape index (κ1) is 11.8. The van der Waals surface area contributed by atoms with Gasteiger partial charge in [0.2, 0.25) is 5.95 Å². The second kappa shape index (κ2) is 4.67. The van der Waals surface area contributed by atoms with Gasteiger partial charge in [-0.25, -0.2) is 9.97 Å². The summed E-state index contributed by atoms with van der Waals surface area (Å²) in [5, 5.41) is 8.99. The summed E-state index contributed by atoms with van der Waals surface area (Å²) in [5.74, 6) is 0.541. The topological polar surface area (TPSA) is 89.9 Å². The van der Waals surface area contributed by atoms with Gasteiger partial charge in [0.15, 0.2) is 5.65 Å². The molecule has 2 heterocycles. The Kier molecular flexibility index (Phi) is 3.23. The number of aryl methyl sites for hydroxylation is 2. The molecule has 0 aliphatic rings. The largest absolute Gasteiger partial charge is 0.396 e. The Bertz CT molecular complexity index is 522. The molecule has 0 aromatic carbocycles. The highest BCUT2D eigenvalue weighted by Crippen LogP contribution is 2.15. The average Bonchev–Trinajstić information content (AvgIpc) is 2.69. The molecule has 0 spiro atoms. The average molecular weight is 235 g/mol. The molecule has 2 aromatic rings. The minimum absolute atomic E-state index is 0.197. The van der Waals surface area contributed by atoms with E-state index in [0.29, 0.717) is 0 Å². The monoisotopic (exact) mass is 235 g/mol. The number of imidazole rings is 1. The number of anilines is 1. The van der Waals surface area contributed by atoms with E-state index in [1.165, 1.54) is 0 Å². The summed E-state index contributed by atoms with van der Waals surface area (Å²) in [6.07, 6.45) is 2.63. The third-order valence-corrected chi connectivity index (χ3v) is 2.83. The normalized spacial score (nSPS) is 13.1. The zero-order valence-corrected chi connectivity index (χ0v) is 10.1. The lowest BCUT2D eigenvalue weighted by Crippen LogP contribution is -2.07. The van der Waals surface area contributed by atoms with E-state index in [4.69, 9.17) is 10.8 Å². The summed E-state index contributed by atoms with van der Waals surface area (Å²) in [6, 6.07) is 0. The van der Waals surface area contributed by atoms with Gasteiger partial charge in [0.05, 0.1) is 12.0 Å². The number of rotatable bonds is 4. The highest BCUT2D eigenvalue weighted by atomic mass is 16.3. The third-order valence-electron chi connectivity index (χ3n) is 2.83. The van der Waals surface area contributed by atoms with Crippen LogP contribution in [0.4, 0.5) is 5.95 Å². The maximum atomic E-state index is 8.99. The Balaban J connectivity index is 2.29. The van der Waals surface area contributed by atoms with Crippen molar-refractivity contribution >= 4 is 17.1 Å². The first-order chi connectivity index (χ1) is 8.11. The van der Waals surface area contributed by atoms with Crippen LogP contribution in [0, 0.1) is 12.8 Å². The van der Waals surface area contributed by atoms with E-state index in [2.05, 4.69) is 15.0 Å². The van der Waals surface area contributed by atoms with Crippen LogP contribution < -0.4 is 5.73 Å². The number of hydrogen-bond donors (Lipinski definition) is 2. The minimum atomic E-state index is 0.197. The van der Waals surface area contributed by atoms with E-state index in [1.807, 2.05) is 18.4 Å². The van der Waals surface area contributed by atoms with Gasteiger partial charge >= 0.3 is 0 Å². The lowest BCUT2D eigenvalue weighted by molar-refractivity contribution is 0.226. The first-order valence-electron chi connectivity index (χ1n) is 5.67. The maximum Gasteiger partial charge on any atom is 0.222 e. The smallest absolute Gasteiger partial charge is 0.222 e. The molecule has 0 bridgehead atoms. The van der Waals surface area contributed by atoms with E-state index >= 15 is 0 Å². The van der Waals surface area contributed by atoms with E-state index in [9.17, 15) is 0 Å². The van der Waals surface area contributed by atoms with Crippen LogP contribution in [-0.4, -0.2) is 31.2 Å². The van der Waals surface area contributed by atoms with Crippen molar-refractivity contribution in [1.29, 1.82) is 0 Å². The molecule has 0 saturated carbocycles. The predicted molar refractivity (Wildman–Crippen MR) is 65.3 cm³/mol. The van der Waals surface area contributed by atoms with Crippen LogP contribution in [0.5, 0.6) is 0 Å². The molecule has 92 valence electrons. The van der Waals surface area contributed by atoms with Gasteiger partial charge in [-0.2, -0.15) is 4.98 Å². The lowest BCUT2D eigenvalue weighted by Gasteiger charge is -2.08. The molecule has 0 amide bonds. The van der Waals surface area contributed by atoms with E-state index in [0.717, 1.165) is 29.8 Å². The van der Waals surface area contributed by atoms with Crippen LogP contribution in [0.2, 0.25) is 0 Å². The Morgan fingerprint density at radius 2 is 2.24 bits per heavy atom. The summed E-state index contributed by atoms with van der Waals surface area (Å²) < 4.78 is 1.95. The zero-order chi connectivity index (χ0) is 12.4. The molecule has 0 fully saturated rings. The fourth-order valence-electron chi connectivity index (χ4n) is 1.72. The van der Waals surface area contributed by atoms with Crippen molar-refractivity contribution in [2.75, 3.05) is 12.3 Å². The SMILES string of the molecule is Cc1nc(N)nc2c1ncn2CCC(C)CO. The van der Waals surface area contributed by atoms with Crippen molar-refractivity contribution in [3.05, 3.63) is 12.0 Å². The van der Waals surface area contributed by atoms with Gasteiger partial charge in [-0.05, 0) is 19.3 Å². The van der Waals surface area contributed by atoms with Crippen molar-refractivity contribution in [2.24, 2.45) is 5.92 Å². The number of hydrogen-bond acceptors (Lipinski definition) is 5. The number of aliphatic hydroxyl groups is 1. The summed E-state index contributed by atoms with van der Waals surface area (Å²) in [4.78, 5) is 12.6. The second-order valence-electron chi connectivity index (χ2n) is 4.35. The lowest BCUT2D eigenvalue weighted by atomic mass is 10.1. The number of aliphatic hydroxyl groups excluding tert-OH is 1. The third kappa shape index (κ3) is 2.36. The molecule has 0 radical (unpaired) electrons. The van der Waals surface area contributed by atoms with Crippen molar-refractivity contribution < 1.29 is 5.11 Å². The summed E-state index contributed by atoms with van der Waals surface area (Å²) in [5.41, 5.74) is 7.98. The second-order valence-corrected chi connectivity index (χ2v) is 4.35. The summed E-state index contributed by atoms with van der Waals surface area (Å²) >= 11 is 0. The van der Waals surface area contributed by atoms with E-state index in [-0.39, 0.29) is 18.5 Å². The molecular formula is C11H17N5O. The van der Waals surface area contributed by atoms with Crippen LogP contribution in [0.1, 0.15) is 19.0 Å². The van der Waals surface area contributed by atoms with Crippen LogP contribution in [0.15, 0.2) is 6.33 Å². The highest BCUT2D eigenvalue weighted by Gasteiger charge is 2.10. The molecule has 6 nitrogen and oxygen atoms in total. The molecule has 3 N–H and O–H groups in total. The summed E-state index contributed by atoms with van der Waals surface area (Å²) in [7, 11) is 0. The van der Waals surface area contributed by atoms with Crippen molar-refractivity contribution in [3.8, 4) is 0 Å². The van der Waals surface area contributed by atoms with Crippen LogP contribution in [0.25, 0.3) is 11.2 Å². The Hall–Kier alpha value is -1.69. The molecule has 0 saturated heterocycles. The quantitative estimate of drug-likeness (QED) is 0.815. The van der Waals surface area contributed by atoms with Gasteiger partial charge in [-0.15, -0.1) is 0 Å². The van der Waals surface area contributed by atoms with Gasteiger partial charge in [0.25, 0.3) is 0 Å².